The monoisotopic (exact) mass is 339 g/mol. The first kappa shape index (κ1) is 18.7. The summed E-state index contributed by atoms with van der Waals surface area (Å²) in [5.41, 5.74) is 2.22. The largest absolute Gasteiger partial charge is 0.447 e. The maximum Gasteiger partial charge on any atom is 0.307 e. The second-order valence-electron chi connectivity index (χ2n) is 7.37. The van der Waals surface area contributed by atoms with Gasteiger partial charge in [-0.05, 0) is 24.5 Å². The van der Waals surface area contributed by atoms with Crippen molar-refractivity contribution in [2.75, 3.05) is 5.32 Å². The SMILES string of the molecule is Cc1ccc(NC(=O)[C@H](OC(=O)CC(C)(C)C)c2ccccc2)cc1. The Morgan fingerprint density at radius 2 is 1.60 bits per heavy atom. The van der Waals surface area contributed by atoms with Gasteiger partial charge in [0.15, 0.2) is 0 Å². The van der Waals surface area contributed by atoms with Gasteiger partial charge in [-0.3, -0.25) is 9.59 Å². The molecule has 0 saturated carbocycles. The van der Waals surface area contributed by atoms with E-state index in [0.717, 1.165) is 5.56 Å². The Balaban J connectivity index is 2.17. The molecule has 2 aromatic carbocycles. The molecule has 4 heteroatoms. The van der Waals surface area contributed by atoms with Gasteiger partial charge in [0.1, 0.15) is 0 Å². The molecule has 1 atom stereocenters. The van der Waals surface area contributed by atoms with Crippen LogP contribution in [-0.4, -0.2) is 11.9 Å². The number of nitrogens with one attached hydrogen (secondary N) is 1. The first-order valence-electron chi connectivity index (χ1n) is 8.36. The summed E-state index contributed by atoms with van der Waals surface area (Å²) in [7, 11) is 0. The molecule has 0 unspecified atom stereocenters. The highest BCUT2D eigenvalue weighted by atomic mass is 16.5. The molecule has 2 aromatic rings. The average Bonchev–Trinajstić information content (AvgIpc) is 2.54. The molecular formula is C21H25NO3. The van der Waals surface area contributed by atoms with Crippen molar-refractivity contribution in [3.63, 3.8) is 0 Å². The lowest BCUT2D eigenvalue weighted by Crippen LogP contribution is -2.27. The number of hydrogen-bond donors (Lipinski definition) is 1. The molecule has 0 bridgehead atoms. The molecule has 0 radical (unpaired) electrons. The van der Waals surface area contributed by atoms with E-state index in [-0.39, 0.29) is 23.7 Å². The van der Waals surface area contributed by atoms with E-state index in [0.29, 0.717) is 11.3 Å². The van der Waals surface area contributed by atoms with Crippen molar-refractivity contribution in [3.8, 4) is 0 Å². The molecule has 1 amide bonds. The van der Waals surface area contributed by atoms with E-state index in [1.54, 1.807) is 12.1 Å². The molecule has 0 aromatic heterocycles. The van der Waals surface area contributed by atoms with Gasteiger partial charge >= 0.3 is 5.97 Å². The van der Waals surface area contributed by atoms with E-state index in [2.05, 4.69) is 5.32 Å². The Bertz CT molecular complexity index is 715. The first-order chi connectivity index (χ1) is 11.7. The second kappa shape index (κ2) is 7.97. The minimum Gasteiger partial charge on any atom is -0.447 e. The Morgan fingerprint density at radius 3 is 2.16 bits per heavy atom. The Morgan fingerprint density at radius 1 is 1.00 bits per heavy atom. The predicted molar refractivity (Wildman–Crippen MR) is 99.2 cm³/mol. The van der Waals surface area contributed by atoms with Gasteiger partial charge in [0.05, 0.1) is 6.42 Å². The summed E-state index contributed by atoms with van der Waals surface area (Å²) in [6.45, 7) is 7.85. The molecule has 1 N–H and O–H groups in total. The van der Waals surface area contributed by atoms with Crippen LogP contribution in [0, 0.1) is 12.3 Å². The lowest BCUT2D eigenvalue weighted by Gasteiger charge is -2.21. The topological polar surface area (TPSA) is 55.4 Å². The maximum absolute atomic E-state index is 12.7. The number of anilines is 1. The quantitative estimate of drug-likeness (QED) is 0.807. The van der Waals surface area contributed by atoms with Gasteiger partial charge in [-0.25, -0.2) is 0 Å². The van der Waals surface area contributed by atoms with Crippen LogP contribution in [0.1, 0.15) is 44.4 Å². The summed E-state index contributed by atoms with van der Waals surface area (Å²) >= 11 is 0. The third-order valence-corrected chi connectivity index (χ3v) is 3.58. The number of esters is 1. The normalized spacial score (nSPS) is 12.3. The van der Waals surface area contributed by atoms with Crippen molar-refractivity contribution in [2.24, 2.45) is 5.41 Å². The Kier molecular flexibility index (Phi) is 5.97. The molecule has 4 nitrogen and oxygen atoms in total. The molecular weight excluding hydrogens is 314 g/mol. The standard InChI is InChI=1S/C21H25NO3/c1-15-10-12-17(13-11-15)22-20(24)19(16-8-6-5-7-9-16)25-18(23)14-21(2,3)4/h5-13,19H,14H2,1-4H3,(H,22,24)/t19-/m1/s1. The molecule has 2 rings (SSSR count). The van der Waals surface area contributed by atoms with E-state index < -0.39 is 6.10 Å². The molecule has 0 aliphatic heterocycles. The fraction of sp³-hybridized carbons (Fsp3) is 0.333. The number of amides is 1. The van der Waals surface area contributed by atoms with Crippen LogP contribution in [0.25, 0.3) is 0 Å². The zero-order chi connectivity index (χ0) is 18.4. The Hall–Kier alpha value is -2.62. The molecule has 0 saturated heterocycles. The lowest BCUT2D eigenvalue weighted by atomic mass is 9.92. The molecule has 0 aliphatic carbocycles. The van der Waals surface area contributed by atoms with E-state index in [1.807, 2.05) is 70.2 Å². The molecule has 0 heterocycles. The zero-order valence-electron chi connectivity index (χ0n) is 15.2. The van der Waals surface area contributed by atoms with Crippen molar-refractivity contribution in [1.82, 2.24) is 0 Å². The van der Waals surface area contributed by atoms with Gasteiger partial charge in [-0.15, -0.1) is 0 Å². The number of rotatable bonds is 5. The molecule has 132 valence electrons. The van der Waals surface area contributed by atoms with Gasteiger partial charge < -0.3 is 10.1 Å². The van der Waals surface area contributed by atoms with Crippen LogP contribution < -0.4 is 5.32 Å². The van der Waals surface area contributed by atoms with Crippen LogP contribution in [0.2, 0.25) is 0 Å². The van der Waals surface area contributed by atoms with Crippen LogP contribution in [0.5, 0.6) is 0 Å². The number of ether oxygens (including phenoxy) is 1. The molecule has 0 spiro atoms. The van der Waals surface area contributed by atoms with E-state index in [4.69, 9.17) is 4.74 Å². The highest BCUT2D eigenvalue weighted by molar-refractivity contribution is 5.96. The fourth-order valence-electron chi connectivity index (χ4n) is 2.35. The minimum absolute atomic E-state index is 0.203. The molecule has 0 aliphatic rings. The van der Waals surface area contributed by atoms with Crippen molar-refractivity contribution < 1.29 is 14.3 Å². The fourth-order valence-corrected chi connectivity index (χ4v) is 2.35. The van der Waals surface area contributed by atoms with Gasteiger partial charge in [0.2, 0.25) is 6.10 Å². The van der Waals surface area contributed by atoms with Crippen LogP contribution in [0.3, 0.4) is 0 Å². The van der Waals surface area contributed by atoms with E-state index >= 15 is 0 Å². The van der Waals surface area contributed by atoms with Gasteiger partial charge in [0, 0.05) is 11.3 Å². The number of hydrogen-bond acceptors (Lipinski definition) is 3. The second-order valence-corrected chi connectivity index (χ2v) is 7.37. The van der Waals surface area contributed by atoms with Crippen molar-refractivity contribution in [2.45, 2.75) is 40.2 Å². The average molecular weight is 339 g/mol. The highest BCUT2D eigenvalue weighted by Crippen LogP contribution is 2.24. The van der Waals surface area contributed by atoms with E-state index in [9.17, 15) is 9.59 Å². The van der Waals surface area contributed by atoms with Crippen molar-refractivity contribution in [3.05, 3.63) is 65.7 Å². The van der Waals surface area contributed by atoms with Crippen LogP contribution in [0.4, 0.5) is 5.69 Å². The Labute approximate surface area is 149 Å². The van der Waals surface area contributed by atoms with Crippen LogP contribution in [-0.2, 0) is 14.3 Å². The third kappa shape index (κ3) is 6.07. The van der Waals surface area contributed by atoms with Crippen LogP contribution in [0.15, 0.2) is 54.6 Å². The minimum atomic E-state index is -0.975. The van der Waals surface area contributed by atoms with Gasteiger partial charge in [-0.2, -0.15) is 0 Å². The summed E-state index contributed by atoms with van der Waals surface area (Å²) in [6, 6.07) is 16.5. The summed E-state index contributed by atoms with van der Waals surface area (Å²) in [6.07, 6.45) is -0.730. The van der Waals surface area contributed by atoms with Crippen molar-refractivity contribution >= 4 is 17.6 Å². The number of carbonyl (C=O) groups is 2. The summed E-state index contributed by atoms with van der Waals surface area (Å²) in [4.78, 5) is 25.0. The lowest BCUT2D eigenvalue weighted by molar-refractivity contribution is -0.156. The maximum atomic E-state index is 12.7. The van der Waals surface area contributed by atoms with E-state index in [1.165, 1.54) is 0 Å². The number of aryl methyl sites for hydroxylation is 1. The van der Waals surface area contributed by atoms with Crippen molar-refractivity contribution in [1.29, 1.82) is 0 Å². The summed E-state index contributed by atoms with van der Waals surface area (Å²) in [5, 5.41) is 2.82. The van der Waals surface area contributed by atoms with Crippen LogP contribution >= 0.6 is 0 Å². The number of benzene rings is 2. The smallest absolute Gasteiger partial charge is 0.307 e. The first-order valence-corrected chi connectivity index (χ1v) is 8.36. The molecule has 0 fully saturated rings. The molecule has 25 heavy (non-hydrogen) atoms. The van der Waals surface area contributed by atoms with Gasteiger partial charge in [0.25, 0.3) is 5.91 Å². The zero-order valence-corrected chi connectivity index (χ0v) is 15.2. The summed E-state index contributed by atoms with van der Waals surface area (Å²) < 4.78 is 5.52. The summed E-state index contributed by atoms with van der Waals surface area (Å²) in [5.74, 6) is -0.752. The predicted octanol–water partition coefficient (Wildman–Crippen LogP) is 4.65. The third-order valence-electron chi connectivity index (χ3n) is 3.58. The highest BCUT2D eigenvalue weighted by Gasteiger charge is 2.27. The van der Waals surface area contributed by atoms with Gasteiger partial charge in [-0.1, -0.05) is 68.8 Å². The number of carbonyl (C=O) groups excluding carboxylic acids is 2.